The van der Waals surface area contributed by atoms with Gasteiger partial charge in [-0.25, -0.2) is 4.79 Å². The Morgan fingerprint density at radius 3 is 2.52 bits per heavy atom. The molecule has 1 heterocycles. The Balaban J connectivity index is 2.56. The van der Waals surface area contributed by atoms with Gasteiger partial charge in [-0.15, -0.1) is 0 Å². The second kappa shape index (κ2) is 8.90. The zero-order chi connectivity index (χ0) is 15.8. The van der Waals surface area contributed by atoms with Crippen molar-refractivity contribution in [3.63, 3.8) is 0 Å². The van der Waals surface area contributed by atoms with Crippen LogP contribution in [0.4, 0.5) is 4.79 Å². The SMILES string of the molecule is CCCCC(CCC)NC(=O)N1CC(C)CC(C(=O)O)C1. The number of carboxylic acids is 1. The van der Waals surface area contributed by atoms with Gasteiger partial charge in [0.2, 0.25) is 0 Å². The van der Waals surface area contributed by atoms with Crippen LogP contribution in [0, 0.1) is 11.8 Å². The molecule has 1 fully saturated rings. The Kier molecular flexibility index (Phi) is 7.54. The van der Waals surface area contributed by atoms with E-state index < -0.39 is 11.9 Å². The molecule has 1 aliphatic heterocycles. The largest absolute Gasteiger partial charge is 0.481 e. The number of carboxylic acid groups (broad SMARTS) is 1. The molecule has 0 spiro atoms. The molecule has 1 saturated heterocycles. The van der Waals surface area contributed by atoms with Gasteiger partial charge in [0.25, 0.3) is 0 Å². The van der Waals surface area contributed by atoms with Crippen molar-refractivity contribution in [1.29, 1.82) is 0 Å². The average molecular weight is 298 g/mol. The van der Waals surface area contributed by atoms with E-state index in [0.717, 1.165) is 32.1 Å². The van der Waals surface area contributed by atoms with Crippen LogP contribution in [-0.2, 0) is 4.79 Å². The lowest BCUT2D eigenvalue weighted by Gasteiger charge is -2.35. The fourth-order valence-electron chi connectivity index (χ4n) is 3.05. The molecule has 2 amide bonds. The molecule has 0 aromatic carbocycles. The van der Waals surface area contributed by atoms with Crippen molar-refractivity contribution >= 4 is 12.0 Å². The van der Waals surface area contributed by atoms with E-state index in [-0.39, 0.29) is 18.0 Å². The summed E-state index contributed by atoms with van der Waals surface area (Å²) >= 11 is 0. The fraction of sp³-hybridized carbons (Fsp3) is 0.875. The molecule has 1 rings (SSSR count). The van der Waals surface area contributed by atoms with E-state index in [1.54, 1.807) is 4.90 Å². The van der Waals surface area contributed by atoms with Gasteiger partial charge in [0, 0.05) is 19.1 Å². The first-order valence-corrected chi connectivity index (χ1v) is 8.26. The maximum Gasteiger partial charge on any atom is 0.317 e. The third-order valence-electron chi connectivity index (χ3n) is 4.17. The smallest absolute Gasteiger partial charge is 0.317 e. The Labute approximate surface area is 128 Å². The number of piperidine rings is 1. The summed E-state index contributed by atoms with van der Waals surface area (Å²) < 4.78 is 0. The quantitative estimate of drug-likeness (QED) is 0.759. The highest BCUT2D eigenvalue weighted by Gasteiger charge is 2.32. The summed E-state index contributed by atoms with van der Waals surface area (Å²) in [6.07, 6.45) is 5.92. The van der Waals surface area contributed by atoms with Gasteiger partial charge >= 0.3 is 12.0 Å². The van der Waals surface area contributed by atoms with Crippen LogP contribution < -0.4 is 5.32 Å². The highest BCUT2D eigenvalue weighted by atomic mass is 16.4. The first-order chi connectivity index (χ1) is 9.97. The molecule has 0 aromatic rings. The molecule has 0 radical (unpaired) electrons. The molecule has 1 aliphatic rings. The maximum absolute atomic E-state index is 12.4. The Morgan fingerprint density at radius 2 is 1.95 bits per heavy atom. The first-order valence-electron chi connectivity index (χ1n) is 8.26. The van der Waals surface area contributed by atoms with Gasteiger partial charge in [0.15, 0.2) is 0 Å². The van der Waals surface area contributed by atoms with Crippen LogP contribution in [-0.4, -0.2) is 41.1 Å². The standard InChI is InChI=1S/C16H30N2O3/c1-4-6-8-14(7-5-2)17-16(21)18-10-12(3)9-13(11-18)15(19)20/h12-14H,4-11H2,1-3H3,(H,17,21)(H,19,20). The van der Waals surface area contributed by atoms with Crippen LogP contribution in [0.25, 0.3) is 0 Å². The molecule has 5 nitrogen and oxygen atoms in total. The van der Waals surface area contributed by atoms with Crippen LogP contribution in [0.5, 0.6) is 0 Å². The molecular formula is C16H30N2O3. The molecule has 0 aliphatic carbocycles. The summed E-state index contributed by atoms with van der Waals surface area (Å²) in [5.41, 5.74) is 0. The average Bonchev–Trinajstić information content (AvgIpc) is 2.44. The third-order valence-corrected chi connectivity index (χ3v) is 4.17. The number of unbranched alkanes of at least 4 members (excludes halogenated alkanes) is 1. The molecule has 122 valence electrons. The van der Waals surface area contributed by atoms with Crippen LogP contribution in [0.15, 0.2) is 0 Å². The maximum atomic E-state index is 12.4. The van der Waals surface area contributed by atoms with E-state index in [4.69, 9.17) is 0 Å². The van der Waals surface area contributed by atoms with Gasteiger partial charge in [-0.3, -0.25) is 4.79 Å². The van der Waals surface area contributed by atoms with Crippen molar-refractivity contribution in [1.82, 2.24) is 10.2 Å². The number of aliphatic carboxylic acids is 1. The molecule has 21 heavy (non-hydrogen) atoms. The summed E-state index contributed by atoms with van der Waals surface area (Å²) in [7, 11) is 0. The number of urea groups is 1. The molecule has 0 saturated carbocycles. The van der Waals surface area contributed by atoms with Crippen molar-refractivity contribution in [3.05, 3.63) is 0 Å². The van der Waals surface area contributed by atoms with Gasteiger partial charge in [0.05, 0.1) is 5.92 Å². The van der Waals surface area contributed by atoms with E-state index in [2.05, 4.69) is 19.2 Å². The van der Waals surface area contributed by atoms with Gasteiger partial charge < -0.3 is 15.3 Å². The lowest BCUT2D eigenvalue weighted by Crippen LogP contribution is -2.51. The number of hydrogen-bond acceptors (Lipinski definition) is 2. The second-order valence-corrected chi connectivity index (χ2v) is 6.36. The van der Waals surface area contributed by atoms with Crippen molar-refractivity contribution in [2.24, 2.45) is 11.8 Å². The molecule has 0 aromatic heterocycles. The van der Waals surface area contributed by atoms with Gasteiger partial charge in [-0.1, -0.05) is 40.0 Å². The molecule has 3 unspecified atom stereocenters. The highest BCUT2D eigenvalue weighted by Crippen LogP contribution is 2.22. The fourth-order valence-corrected chi connectivity index (χ4v) is 3.05. The van der Waals surface area contributed by atoms with Crippen LogP contribution in [0.3, 0.4) is 0 Å². The minimum atomic E-state index is -0.796. The van der Waals surface area contributed by atoms with Crippen molar-refractivity contribution in [2.45, 2.75) is 65.3 Å². The molecule has 2 N–H and O–H groups in total. The summed E-state index contributed by atoms with van der Waals surface area (Å²) in [6.45, 7) is 7.26. The normalized spacial score (nSPS) is 23.7. The minimum Gasteiger partial charge on any atom is -0.481 e. The van der Waals surface area contributed by atoms with Crippen LogP contribution in [0.1, 0.15) is 59.3 Å². The number of hydrogen-bond donors (Lipinski definition) is 2. The molecule has 3 atom stereocenters. The summed E-state index contributed by atoms with van der Waals surface area (Å²) in [5.74, 6) is -0.985. The number of nitrogens with zero attached hydrogens (tertiary/aromatic N) is 1. The number of carbonyl (C=O) groups is 2. The van der Waals surface area contributed by atoms with Crippen molar-refractivity contribution in [3.8, 4) is 0 Å². The van der Waals surface area contributed by atoms with E-state index in [0.29, 0.717) is 19.5 Å². The summed E-state index contributed by atoms with van der Waals surface area (Å²) in [5, 5.41) is 12.3. The summed E-state index contributed by atoms with van der Waals surface area (Å²) in [4.78, 5) is 25.2. The number of amides is 2. The first kappa shape index (κ1) is 17.8. The number of rotatable bonds is 7. The predicted molar refractivity (Wildman–Crippen MR) is 83.2 cm³/mol. The number of likely N-dealkylation sites (tertiary alicyclic amines) is 1. The predicted octanol–water partition coefficient (Wildman–Crippen LogP) is 3.10. The Morgan fingerprint density at radius 1 is 1.24 bits per heavy atom. The number of carbonyl (C=O) groups excluding carboxylic acids is 1. The Bertz CT molecular complexity index is 346. The topological polar surface area (TPSA) is 69.6 Å². The number of nitrogens with one attached hydrogen (secondary N) is 1. The minimum absolute atomic E-state index is 0.0950. The molecule has 5 heteroatoms. The van der Waals surface area contributed by atoms with Gasteiger partial charge in [0.1, 0.15) is 0 Å². The molecular weight excluding hydrogens is 268 g/mol. The zero-order valence-corrected chi connectivity index (χ0v) is 13.6. The monoisotopic (exact) mass is 298 g/mol. The third kappa shape index (κ3) is 5.94. The second-order valence-electron chi connectivity index (χ2n) is 6.36. The lowest BCUT2D eigenvalue weighted by atomic mass is 9.91. The van der Waals surface area contributed by atoms with Crippen LogP contribution >= 0.6 is 0 Å². The van der Waals surface area contributed by atoms with E-state index in [1.165, 1.54) is 0 Å². The van der Waals surface area contributed by atoms with Crippen molar-refractivity contribution in [2.75, 3.05) is 13.1 Å². The van der Waals surface area contributed by atoms with Gasteiger partial charge in [-0.2, -0.15) is 0 Å². The van der Waals surface area contributed by atoms with E-state index in [1.807, 2.05) is 6.92 Å². The zero-order valence-electron chi connectivity index (χ0n) is 13.6. The van der Waals surface area contributed by atoms with Gasteiger partial charge in [-0.05, 0) is 25.2 Å². The molecule has 0 bridgehead atoms. The summed E-state index contributed by atoms with van der Waals surface area (Å²) in [6, 6.07) is 0.116. The van der Waals surface area contributed by atoms with E-state index in [9.17, 15) is 14.7 Å². The van der Waals surface area contributed by atoms with Crippen LogP contribution in [0.2, 0.25) is 0 Å². The lowest BCUT2D eigenvalue weighted by molar-refractivity contribution is -0.143. The highest BCUT2D eigenvalue weighted by molar-refractivity contribution is 5.76. The Hall–Kier alpha value is -1.26. The van der Waals surface area contributed by atoms with Crippen molar-refractivity contribution < 1.29 is 14.7 Å². The van der Waals surface area contributed by atoms with E-state index >= 15 is 0 Å².